The normalized spacial score (nSPS) is 21.7. The van der Waals surface area contributed by atoms with Crippen LogP contribution in [0.4, 0.5) is 5.69 Å². The van der Waals surface area contributed by atoms with Gasteiger partial charge in [-0.2, -0.15) is 0 Å². The van der Waals surface area contributed by atoms with Crippen molar-refractivity contribution in [2.45, 2.75) is 25.6 Å². The number of β-amino-alcohol motifs (C(OH)–C–C–N with tert-alkyl or cyclic N) is 1. The zero-order chi connectivity index (χ0) is 10.7. The van der Waals surface area contributed by atoms with Crippen molar-refractivity contribution in [1.82, 2.24) is 4.98 Å². The summed E-state index contributed by atoms with van der Waals surface area (Å²) in [5, 5.41) is 18.8. The highest BCUT2D eigenvalue weighted by molar-refractivity contribution is 5.51. The molecule has 2 heterocycles. The van der Waals surface area contributed by atoms with Crippen LogP contribution in [0.2, 0.25) is 0 Å². The molecule has 1 atom stereocenters. The van der Waals surface area contributed by atoms with E-state index < -0.39 is 0 Å². The molecule has 82 valence electrons. The maximum atomic E-state index is 9.58. The molecule has 2 N–H and O–H groups in total. The predicted octanol–water partition coefficient (Wildman–Crippen LogP) is 0.535. The fourth-order valence-electron chi connectivity index (χ4n) is 2.01. The average Bonchev–Trinajstić information content (AvgIpc) is 2.29. The molecule has 1 aromatic heterocycles. The Morgan fingerprint density at radius 2 is 2.40 bits per heavy atom. The number of hydrogen-bond acceptors (Lipinski definition) is 4. The molecule has 2 rings (SSSR count). The summed E-state index contributed by atoms with van der Waals surface area (Å²) < 4.78 is 0. The van der Waals surface area contributed by atoms with E-state index in [0.29, 0.717) is 6.54 Å². The molecule has 0 saturated carbocycles. The maximum Gasteiger partial charge on any atom is 0.0715 e. The van der Waals surface area contributed by atoms with Crippen molar-refractivity contribution in [2.24, 2.45) is 0 Å². The van der Waals surface area contributed by atoms with Crippen LogP contribution in [0.1, 0.15) is 18.4 Å². The van der Waals surface area contributed by atoms with E-state index in [1.165, 1.54) is 0 Å². The molecule has 1 aliphatic rings. The first-order valence-electron chi connectivity index (χ1n) is 5.28. The van der Waals surface area contributed by atoms with Crippen LogP contribution in [0.5, 0.6) is 0 Å². The predicted molar refractivity (Wildman–Crippen MR) is 57.6 cm³/mol. The Morgan fingerprint density at radius 3 is 3.13 bits per heavy atom. The van der Waals surface area contributed by atoms with Crippen molar-refractivity contribution in [3.8, 4) is 0 Å². The molecule has 0 bridgehead atoms. The molecule has 1 fully saturated rings. The summed E-state index contributed by atoms with van der Waals surface area (Å²) in [6, 6.07) is 1.82. The molecule has 0 spiro atoms. The van der Waals surface area contributed by atoms with Gasteiger partial charge in [-0.15, -0.1) is 0 Å². The minimum absolute atomic E-state index is 0.0183. The van der Waals surface area contributed by atoms with Gasteiger partial charge in [0.05, 0.1) is 24.6 Å². The van der Waals surface area contributed by atoms with E-state index in [4.69, 9.17) is 0 Å². The third kappa shape index (κ3) is 2.27. The molecule has 0 amide bonds. The minimum atomic E-state index is -0.259. The van der Waals surface area contributed by atoms with Gasteiger partial charge in [-0.3, -0.25) is 4.98 Å². The van der Waals surface area contributed by atoms with Gasteiger partial charge in [0, 0.05) is 24.8 Å². The first kappa shape index (κ1) is 10.4. The first-order chi connectivity index (χ1) is 7.31. The second-order valence-corrected chi connectivity index (χ2v) is 3.90. The Balaban J connectivity index is 2.20. The highest BCUT2D eigenvalue weighted by Crippen LogP contribution is 2.23. The lowest BCUT2D eigenvalue weighted by Crippen LogP contribution is -2.38. The summed E-state index contributed by atoms with van der Waals surface area (Å²) in [5.74, 6) is 0. The second kappa shape index (κ2) is 4.59. The Bertz CT molecular complexity index is 330. The molecule has 15 heavy (non-hydrogen) atoms. The average molecular weight is 208 g/mol. The Labute approximate surface area is 89.2 Å². The second-order valence-electron chi connectivity index (χ2n) is 3.90. The Hall–Kier alpha value is -1.13. The molecule has 1 aliphatic heterocycles. The van der Waals surface area contributed by atoms with Gasteiger partial charge in [0.25, 0.3) is 0 Å². The Morgan fingerprint density at radius 1 is 1.53 bits per heavy atom. The van der Waals surface area contributed by atoms with E-state index >= 15 is 0 Å². The summed E-state index contributed by atoms with van der Waals surface area (Å²) in [5.41, 5.74) is 1.82. The first-order valence-corrected chi connectivity index (χ1v) is 5.28. The standard InChI is InChI=1S/C11H16N2O2/c14-8-9-3-4-12-6-11(9)13-5-1-2-10(15)7-13/h3-4,6,10,14-15H,1-2,5,7-8H2. The molecule has 1 unspecified atom stereocenters. The summed E-state index contributed by atoms with van der Waals surface area (Å²) in [4.78, 5) is 6.15. The number of aromatic nitrogens is 1. The van der Waals surface area contributed by atoms with Gasteiger partial charge in [0.1, 0.15) is 0 Å². The third-order valence-corrected chi connectivity index (χ3v) is 2.80. The zero-order valence-corrected chi connectivity index (χ0v) is 8.63. The number of hydrogen-bond donors (Lipinski definition) is 2. The maximum absolute atomic E-state index is 9.58. The molecular formula is C11H16N2O2. The number of nitrogens with zero attached hydrogens (tertiary/aromatic N) is 2. The van der Waals surface area contributed by atoms with E-state index in [2.05, 4.69) is 9.88 Å². The van der Waals surface area contributed by atoms with Crippen molar-refractivity contribution >= 4 is 5.69 Å². The van der Waals surface area contributed by atoms with Crippen LogP contribution in [0.3, 0.4) is 0 Å². The van der Waals surface area contributed by atoms with Crippen LogP contribution in [-0.2, 0) is 6.61 Å². The summed E-state index contributed by atoms with van der Waals surface area (Å²) in [6.07, 6.45) is 5.02. The van der Waals surface area contributed by atoms with Gasteiger partial charge in [-0.05, 0) is 18.9 Å². The van der Waals surface area contributed by atoms with Crippen LogP contribution < -0.4 is 4.90 Å². The smallest absolute Gasteiger partial charge is 0.0715 e. The number of rotatable bonds is 2. The van der Waals surface area contributed by atoms with Crippen LogP contribution in [0.25, 0.3) is 0 Å². The van der Waals surface area contributed by atoms with Gasteiger partial charge in [-0.1, -0.05) is 0 Å². The quantitative estimate of drug-likeness (QED) is 0.744. The van der Waals surface area contributed by atoms with Gasteiger partial charge in [-0.25, -0.2) is 0 Å². The van der Waals surface area contributed by atoms with Crippen LogP contribution in [0.15, 0.2) is 18.5 Å². The number of aliphatic hydroxyl groups excluding tert-OH is 2. The monoisotopic (exact) mass is 208 g/mol. The van der Waals surface area contributed by atoms with Gasteiger partial charge >= 0.3 is 0 Å². The van der Waals surface area contributed by atoms with Gasteiger partial charge in [0.2, 0.25) is 0 Å². The van der Waals surface area contributed by atoms with Crippen LogP contribution >= 0.6 is 0 Å². The number of pyridine rings is 1. The number of anilines is 1. The van der Waals surface area contributed by atoms with Crippen molar-refractivity contribution < 1.29 is 10.2 Å². The fourth-order valence-corrected chi connectivity index (χ4v) is 2.01. The van der Waals surface area contributed by atoms with Crippen molar-refractivity contribution in [1.29, 1.82) is 0 Å². The van der Waals surface area contributed by atoms with Crippen LogP contribution in [-0.4, -0.2) is 34.4 Å². The number of piperidine rings is 1. The number of aliphatic hydroxyl groups is 2. The minimum Gasteiger partial charge on any atom is -0.392 e. The molecule has 0 aromatic carbocycles. The van der Waals surface area contributed by atoms with Crippen molar-refractivity contribution in [3.05, 3.63) is 24.0 Å². The highest BCUT2D eigenvalue weighted by Gasteiger charge is 2.19. The summed E-state index contributed by atoms with van der Waals surface area (Å²) >= 11 is 0. The Kier molecular flexibility index (Phi) is 3.18. The summed E-state index contributed by atoms with van der Waals surface area (Å²) in [7, 11) is 0. The SMILES string of the molecule is OCc1ccncc1N1CCCC(O)C1. The molecule has 4 nitrogen and oxygen atoms in total. The van der Waals surface area contributed by atoms with E-state index in [-0.39, 0.29) is 12.7 Å². The van der Waals surface area contributed by atoms with Crippen molar-refractivity contribution in [2.75, 3.05) is 18.0 Å². The van der Waals surface area contributed by atoms with Gasteiger partial charge < -0.3 is 15.1 Å². The largest absolute Gasteiger partial charge is 0.392 e. The third-order valence-electron chi connectivity index (χ3n) is 2.80. The van der Waals surface area contributed by atoms with E-state index in [1.807, 2.05) is 6.07 Å². The van der Waals surface area contributed by atoms with E-state index in [1.54, 1.807) is 12.4 Å². The highest BCUT2D eigenvalue weighted by atomic mass is 16.3. The zero-order valence-electron chi connectivity index (χ0n) is 8.63. The lowest BCUT2D eigenvalue weighted by molar-refractivity contribution is 0.154. The lowest BCUT2D eigenvalue weighted by atomic mass is 10.1. The van der Waals surface area contributed by atoms with Gasteiger partial charge in [0.15, 0.2) is 0 Å². The molecule has 0 aliphatic carbocycles. The molecular weight excluding hydrogens is 192 g/mol. The molecule has 4 heteroatoms. The van der Waals surface area contributed by atoms with Crippen LogP contribution in [0, 0.1) is 0 Å². The van der Waals surface area contributed by atoms with E-state index in [0.717, 1.165) is 30.6 Å². The molecule has 0 radical (unpaired) electrons. The topological polar surface area (TPSA) is 56.6 Å². The van der Waals surface area contributed by atoms with Crippen molar-refractivity contribution in [3.63, 3.8) is 0 Å². The summed E-state index contributed by atoms with van der Waals surface area (Å²) in [6.45, 7) is 1.58. The molecule has 1 aromatic rings. The lowest BCUT2D eigenvalue weighted by Gasteiger charge is -2.32. The fraction of sp³-hybridized carbons (Fsp3) is 0.545. The molecule has 1 saturated heterocycles. The van der Waals surface area contributed by atoms with E-state index in [9.17, 15) is 10.2 Å².